The largest absolute Gasteiger partial charge is 0.464 e. The maximum Gasteiger partial charge on any atom is 0.251 e. The van der Waals surface area contributed by atoms with Crippen LogP contribution in [0.5, 0.6) is 11.5 Å². The first kappa shape index (κ1) is 16.2. The summed E-state index contributed by atoms with van der Waals surface area (Å²) in [5.41, 5.74) is 2.09. The molecule has 6 heteroatoms. The zero-order chi connectivity index (χ0) is 17.9. The van der Waals surface area contributed by atoms with Crippen LogP contribution in [-0.4, -0.2) is 24.4 Å². The van der Waals surface area contributed by atoms with Gasteiger partial charge in [-0.05, 0) is 35.9 Å². The van der Waals surface area contributed by atoms with E-state index in [1.54, 1.807) is 24.5 Å². The van der Waals surface area contributed by atoms with E-state index in [4.69, 9.17) is 13.9 Å². The maximum absolute atomic E-state index is 12.3. The molecule has 0 bridgehead atoms. The highest BCUT2D eigenvalue weighted by atomic mass is 16.7. The van der Waals surface area contributed by atoms with E-state index in [9.17, 15) is 9.90 Å². The lowest BCUT2D eigenvalue weighted by Gasteiger charge is -2.13. The van der Waals surface area contributed by atoms with E-state index in [0.29, 0.717) is 22.6 Å². The van der Waals surface area contributed by atoms with Gasteiger partial charge < -0.3 is 24.3 Å². The zero-order valence-electron chi connectivity index (χ0n) is 13.8. The number of ether oxygens (including phenoxy) is 2. The van der Waals surface area contributed by atoms with Crippen LogP contribution in [0, 0.1) is 0 Å². The number of carbonyl (C=O) groups is 1. The number of rotatable bonds is 5. The Labute approximate surface area is 150 Å². The van der Waals surface area contributed by atoms with Crippen LogP contribution < -0.4 is 14.8 Å². The predicted octanol–water partition coefficient (Wildman–Crippen LogP) is 3.14. The molecule has 26 heavy (non-hydrogen) atoms. The van der Waals surface area contributed by atoms with Crippen LogP contribution in [-0.2, 0) is 0 Å². The zero-order valence-corrected chi connectivity index (χ0v) is 13.8. The molecule has 132 valence electrons. The molecule has 1 amide bonds. The fourth-order valence-corrected chi connectivity index (χ4v) is 2.76. The van der Waals surface area contributed by atoms with Crippen LogP contribution in [0.25, 0.3) is 11.3 Å². The van der Waals surface area contributed by atoms with Crippen molar-refractivity contribution in [2.75, 3.05) is 13.3 Å². The van der Waals surface area contributed by atoms with Crippen molar-refractivity contribution in [1.29, 1.82) is 0 Å². The predicted molar refractivity (Wildman–Crippen MR) is 94.0 cm³/mol. The van der Waals surface area contributed by atoms with Crippen LogP contribution in [0.3, 0.4) is 0 Å². The highest BCUT2D eigenvalue weighted by Crippen LogP contribution is 2.32. The smallest absolute Gasteiger partial charge is 0.251 e. The van der Waals surface area contributed by atoms with Crippen molar-refractivity contribution in [3.8, 4) is 22.8 Å². The molecule has 6 nitrogen and oxygen atoms in total. The van der Waals surface area contributed by atoms with E-state index >= 15 is 0 Å². The first-order valence-electron chi connectivity index (χ1n) is 8.20. The average molecular weight is 351 g/mol. The van der Waals surface area contributed by atoms with Gasteiger partial charge in [0, 0.05) is 17.7 Å². The van der Waals surface area contributed by atoms with Crippen LogP contribution >= 0.6 is 0 Å². The Hall–Kier alpha value is -3.25. The lowest BCUT2D eigenvalue weighted by atomic mass is 10.1. The second kappa shape index (κ2) is 6.93. The minimum absolute atomic E-state index is 0.105. The summed E-state index contributed by atoms with van der Waals surface area (Å²) >= 11 is 0. The molecule has 3 aromatic rings. The van der Waals surface area contributed by atoms with Crippen molar-refractivity contribution >= 4 is 5.91 Å². The topological polar surface area (TPSA) is 80.9 Å². The first-order valence-corrected chi connectivity index (χ1v) is 8.20. The molecule has 1 atom stereocenters. The third-order valence-electron chi connectivity index (χ3n) is 4.19. The molecule has 2 N–H and O–H groups in total. The molecule has 0 spiro atoms. The minimum atomic E-state index is -0.807. The molecular weight excluding hydrogens is 334 g/mol. The number of fused-ring (bicyclic) bond motifs is 1. The molecule has 1 aliphatic rings. The number of amides is 1. The number of aliphatic hydroxyl groups excluding tert-OH is 1. The minimum Gasteiger partial charge on any atom is -0.464 e. The molecule has 0 unspecified atom stereocenters. The van der Waals surface area contributed by atoms with Crippen LogP contribution in [0.2, 0.25) is 0 Å². The van der Waals surface area contributed by atoms with E-state index in [1.807, 2.05) is 36.4 Å². The number of hydrogen-bond donors (Lipinski definition) is 2. The number of benzene rings is 2. The fourth-order valence-electron chi connectivity index (χ4n) is 2.76. The summed E-state index contributed by atoms with van der Waals surface area (Å²) in [7, 11) is 0. The first-order chi connectivity index (χ1) is 12.7. The number of nitrogens with one attached hydrogen (secondary N) is 1. The highest BCUT2D eigenvalue weighted by molar-refractivity contribution is 5.94. The SMILES string of the molecule is O=C(NC[C@@H](O)c1ccc(-c2ccco2)cc1)c1ccc2c(c1)OCO2. The summed E-state index contributed by atoms with van der Waals surface area (Å²) < 4.78 is 15.8. The van der Waals surface area contributed by atoms with Gasteiger partial charge in [-0.2, -0.15) is 0 Å². The molecule has 2 heterocycles. The third kappa shape index (κ3) is 3.27. The third-order valence-corrected chi connectivity index (χ3v) is 4.19. The van der Waals surface area contributed by atoms with Gasteiger partial charge in [-0.15, -0.1) is 0 Å². The number of hydrogen-bond acceptors (Lipinski definition) is 5. The Morgan fingerprint density at radius 3 is 2.65 bits per heavy atom. The van der Waals surface area contributed by atoms with Gasteiger partial charge in [0.25, 0.3) is 5.91 Å². The van der Waals surface area contributed by atoms with Crippen molar-refractivity contribution in [3.63, 3.8) is 0 Å². The summed E-state index contributed by atoms with van der Waals surface area (Å²) in [5, 5.41) is 13.0. The molecule has 2 aromatic carbocycles. The molecule has 1 aliphatic heterocycles. The molecule has 0 saturated carbocycles. The molecule has 0 radical (unpaired) electrons. The quantitative estimate of drug-likeness (QED) is 0.738. The Morgan fingerprint density at radius 2 is 1.88 bits per heavy atom. The van der Waals surface area contributed by atoms with Crippen molar-refractivity contribution in [2.24, 2.45) is 0 Å². The Balaban J connectivity index is 1.37. The molecule has 1 aromatic heterocycles. The Morgan fingerprint density at radius 1 is 1.08 bits per heavy atom. The standard InChI is InChI=1S/C20H17NO5/c22-16(13-3-5-14(6-4-13)17-2-1-9-24-17)11-21-20(23)15-7-8-18-19(10-15)26-12-25-18/h1-10,16,22H,11-12H2,(H,21,23)/t16-/m1/s1. The van der Waals surface area contributed by atoms with Gasteiger partial charge in [0.2, 0.25) is 6.79 Å². The van der Waals surface area contributed by atoms with Crippen molar-refractivity contribution in [2.45, 2.75) is 6.10 Å². The van der Waals surface area contributed by atoms with Gasteiger partial charge in [-0.1, -0.05) is 24.3 Å². The normalized spacial score (nSPS) is 13.4. The Bertz CT molecular complexity index is 902. The average Bonchev–Trinajstić information content (AvgIpc) is 3.37. The molecular formula is C20H17NO5. The second-order valence-electron chi connectivity index (χ2n) is 5.89. The van der Waals surface area contributed by atoms with Crippen molar-refractivity contribution in [1.82, 2.24) is 5.32 Å². The maximum atomic E-state index is 12.3. The number of aliphatic hydroxyl groups is 1. The summed E-state index contributed by atoms with van der Waals surface area (Å²) in [6.45, 7) is 0.264. The van der Waals surface area contributed by atoms with E-state index in [0.717, 1.165) is 11.3 Å². The monoisotopic (exact) mass is 351 g/mol. The van der Waals surface area contributed by atoms with E-state index in [-0.39, 0.29) is 19.2 Å². The van der Waals surface area contributed by atoms with Gasteiger partial charge in [-0.25, -0.2) is 0 Å². The second-order valence-corrected chi connectivity index (χ2v) is 5.89. The summed E-state index contributed by atoms with van der Waals surface area (Å²) in [5.74, 6) is 1.65. The van der Waals surface area contributed by atoms with Crippen molar-refractivity contribution in [3.05, 3.63) is 72.0 Å². The highest BCUT2D eigenvalue weighted by Gasteiger charge is 2.17. The van der Waals surface area contributed by atoms with E-state index in [1.165, 1.54) is 0 Å². The van der Waals surface area contributed by atoms with E-state index in [2.05, 4.69) is 5.32 Å². The van der Waals surface area contributed by atoms with Crippen LogP contribution in [0.4, 0.5) is 0 Å². The van der Waals surface area contributed by atoms with Gasteiger partial charge in [0.15, 0.2) is 11.5 Å². The lowest BCUT2D eigenvalue weighted by Crippen LogP contribution is -2.28. The summed E-state index contributed by atoms with van der Waals surface area (Å²) in [4.78, 5) is 12.3. The summed E-state index contributed by atoms with van der Waals surface area (Å²) in [6, 6.07) is 16.1. The van der Waals surface area contributed by atoms with Gasteiger partial charge >= 0.3 is 0 Å². The fraction of sp³-hybridized carbons (Fsp3) is 0.150. The van der Waals surface area contributed by atoms with Crippen LogP contribution in [0.1, 0.15) is 22.0 Å². The van der Waals surface area contributed by atoms with Gasteiger partial charge in [-0.3, -0.25) is 4.79 Å². The van der Waals surface area contributed by atoms with Crippen LogP contribution in [0.15, 0.2) is 65.3 Å². The molecule has 0 fully saturated rings. The van der Waals surface area contributed by atoms with Gasteiger partial charge in [0.05, 0.1) is 12.4 Å². The molecule has 0 aliphatic carbocycles. The Kier molecular flexibility index (Phi) is 4.33. The number of furan rings is 1. The van der Waals surface area contributed by atoms with E-state index < -0.39 is 6.10 Å². The van der Waals surface area contributed by atoms with Crippen molar-refractivity contribution < 1.29 is 23.8 Å². The molecule has 4 rings (SSSR count). The van der Waals surface area contributed by atoms with Gasteiger partial charge in [0.1, 0.15) is 5.76 Å². The summed E-state index contributed by atoms with van der Waals surface area (Å²) in [6.07, 6.45) is 0.808. The lowest BCUT2D eigenvalue weighted by molar-refractivity contribution is 0.0916. The molecule has 0 saturated heterocycles. The number of carbonyl (C=O) groups excluding carboxylic acids is 1.